The molecule has 478 valence electrons. The zero-order chi connectivity index (χ0) is 60.7. The molecule has 1 amide bonds. The predicted molar refractivity (Wildman–Crippen MR) is 357 cm³/mol. The van der Waals surface area contributed by atoms with Crippen molar-refractivity contribution in [3.8, 4) is 0 Å². The van der Waals surface area contributed by atoms with Crippen molar-refractivity contribution >= 4 is 19.7 Å². The van der Waals surface area contributed by atoms with Crippen LogP contribution >= 0.6 is 7.82 Å². The summed E-state index contributed by atoms with van der Waals surface area (Å²) in [7, 11) is 1.15. The van der Waals surface area contributed by atoms with Crippen LogP contribution < -0.4 is 10.2 Å². The molecule has 9 nitrogen and oxygen atoms in total. The summed E-state index contributed by atoms with van der Waals surface area (Å²) in [6, 6.07) is -0.910. The summed E-state index contributed by atoms with van der Waals surface area (Å²) in [5, 5.41) is 3.03. The average Bonchev–Trinajstić information content (AvgIpc) is 3.46. The molecular formula is C73H129N2O7P. The molecule has 0 aliphatic rings. The minimum absolute atomic E-state index is 0.0332. The first kappa shape index (κ1) is 79.7. The van der Waals surface area contributed by atoms with Gasteiger partial charge < -0.3 is 28.5 Å². The lowest BCUT2D eigenvalue weighted by Gasteiger charge is -2.30. The number of allylic oxidation sites excluding steroid dienone is 17. The maximum atomic E-state index is 13.6. The molecule has 83 heavy (non-hydrogen) atoms. The predicted octanol–water partition coefficient (Wildman–Crippen LogP) is 21.0. The zero-order valence-corrected chi connectivity index (χ0v) is 55.5. The van der Waals surface area contributed by atoms with Gasteiger partial charge in [0.25, 0.3) is 7.82 Å². The fourth-order valence-electron chi connectivity index (χ4n) is 9.37. The normalized spacial score (nSPS) is 14.3. The third-order valence-corrected chi connectivity index (χ3v) is 15.6. The second kappa shape index (κ2) is 61.7. The Morgan fingerprint density at radius 3 is 1.12 bits per heavy atom. The van der Waals surface area contributed by atoms with Gasteiger partial charge in [-0.1, -0.05) is 265 Å². The van der Waals surface area contributed by atoms with Gasteiger partial charge >= 0.3 is 5.97 Å². The van der Waals surface area contributed by atoms with Gasteiger partial charge in [-0.25, -0.2) is 0 Å². The smallest absolute Gasteiger partial charge is 0.306 e. The van der Waals surface area contributed by atoms with Crippen molar-refractivity contribution in [1.29, 1.82) is 0 Å². The molecule has 0 saturated heterocycles. The number of rotatable bonds is 61. The van der Waals surface area contributed by atoms with Crippen LogP contribution in [0.25, 0.3) is 0 Å². The summed E-state index contributed by atoms with van der Waals surface area (Å²) < 4.78 is 30.4. The Balaban J connectivity index is 5.26. The van der Waals surface area contributed by atoms with Gasteiger partial charge in [-0.3, -0.25) is 14.2 Å². The maximum Gasteiger partial charge on any atom is 0.306 e. The number of carbonyl (C=O) groups excluding carboxylic acids is 2. The SMILES string of the molecule is CCCCC/C=C\C/C=C\C/C=C\C/C=C\CCCCCCCCCC(=O)NC(COP(=O)([O-])OCC[N+](C)(C)C)C(/C=C/CCCCCCCCCCCCC)OC(=O)CCCCCCC/C=C\C/C=C\C/C=C\C/C=C\CCCCC. The van der Waals surface area contributed by atoms with Gasteiger partial charge in [0.15, 0.2) is 0 Å². The number of nitrogens with one attached hydrogen (secondary N) is 1. The van der Waals surface area contributed by atoms with Crippen LogP contribution in [0.2, 0.25) is 0 Å². The fourth-order valence-corrected chi connectivity index (χ4v) is 10.1. The van der Waals surface area contributed by atoms with Crippen molar-refractivity contribution in [2.45, 2.75) is 303 Å². The summed E-state index contributed by atoms with van der Waals surface area (Å²) in [6.07, 6.45) is 84.8. The Bertz CT molecular complexity index is 1790. The van der Waals surface area contributed by atoms with E-state index in [2.05, 4.69) is 123 Å². The van der Waals surface area contributed by atoms with Crippen LogP contribution in [0.4, 0.5) is 0 Å². The Morgan fingerprint density at radius 2 is 0.735 bits per heavy atom. The molecule has 0 fully saturated rings. The highest BCUT2D eigenvalue weighted by atomic mass is 31.2. The molecule has 0 aliphatic heterocycles. The summed E-state index contributed by atoms with van der Waals surface area (Å²) in [5.41, 5.74) is 0. The molecule has 1 N–H and O–H groups in total. The molecule has 0 saturated carbocycles. The second-order valence-corrected chi connectivity index (χ2v) is 25.4. The number of phosphoric acid groups is 1. The van der Waals surface area contributed by atoms with Crippen LogP contribution in [0.5, 0.6) is 0 Å². The molecule has 0 aliphatic carbocycles. The van der Waals surface area contributed by atoms with Crippen LogP contribution in [0.1, 0.15) is 290 Å². The van der Waals surface area contributed by atoms with Crippen molar-refractivity contribution in [2.24, 2.45) is 0 Å². The number of quaternary nitrogens is 1. The quantitative estimate of drug-likeness (QED) is 0.0212. The van der Waals surface area contributed by atoms with Crippen molar-refractivity contribution in [3.63, 3.8) is 0 Å². The Labute approximate surface area is 512 Å². The largest absolute Gasteiger partial charge is 0.756 e. The van der Waals surface area contributed by atoms with Crippen LogP contribution in [0.15, 0.2) is 109 Å². The molecule has 0 radical (unpaired) electrons. The van der Waals surface area contributed by atoms with E-state index < -0.39 is 26.6 Å². The number of nitrogens with zero attached hydrogens (tertiary/aromatic N) is 1. The fraction of sp³-hybridized carbons (Fsp3) is 0.726. The lowest BCUT2D eigenvalue weighted by molar-refractivity contribution is -0.870. The molecule has 0 bridgehead atoms. The number of carbonyl (C=O) groups is 2. The number of hydrogen-bond acceptors (Lipinski definition) is 7. The lowest BCUT2D eigenvalue weighted by atomic mass is 10.0. The van der Waals surface area contributed by atoms with Crippen LogP contribution in [-0.2, 0) is 27.9 Å². The van der Waals surface area contributed by atoms with Crippen molar-refractivity contribution < 1.29 is 37.3 Å². The molecular weight excluding hydrogens is 1050 g/mol. The first-order valence-electron chi connectivity index (χ1n) is 34.2. The minimum Gasteiger partial charge on any atom is -0.756 e. The van der Waals surface area contributed by atoms with Crippen LogP contribution in [0, 0.1) is 0 Å². The molecule has 0 rings (SSSR count). The van der Waals surface area contributed by atoms with E-state index in [1.54, 1.807) is 0 Å². The van der Waals surface area contributed by atoms with Crippen LogP contribution in [-0.4, -0.2) is 69.4 Å². The van der Waals surface area contributed by atoms with Crippen molar-refractivity contribution in [3.05, 3.63) is 109 Å². The monoisotopic (exact) mass is 1180 g/mol. The molecule has 0 heterocycles. The molecule has 0 spiro atoms. The number of likely N-dealkylation sites (N-methyl/N-ethyl adjacent to an activating group) is 1. The van der Waals surface area contributed by atoms with Gasteiger partial charge in [-0.05, 0) is 122 Å². The Morgan fingerprint density at radius 1 is 0.422 bits per heavy atom. The number of esters is 1. The van der Waals surface area contributed by atoms with Gasteiger partial charge in [0.1, 0.15) is 19.3 Å². The standard InChI is InChI=1S/C73H129N2O7P/c1-7-10-13-16-19-22-25-28-30-32-34-36-37-39-40-42-44-47-50-53-56-59-62-65-72(76)74-70(69-81-83(78,79)80-68-67-75(4,5)6)71(64-61-58-55-52-49-46-27-24-21-18-15-12-9-3)82-73(77)66-63-60-57-54-51-48-45-43-41-38-35-33-31-29-26-23-20-17-14-11-8-2/h19-20,22-23,28-31,34-36,38-40,43,45,61,64,70-71H,7-18,21,24-27,32-33,37,41-42,44,46-60,62-63,65-69H2,1-6H3,(H-,74,76,78,79)/b22-19-,23-20-,30-28-,31-29-,36-34-,38-35-,40-39-,45-43-,64-61+. The topological polar surface area (TPSA) is 114 Å². The number of hydrogen-bond donors (Lipinski definition) is 1. The minimum atomic E-state index is -4.72. The van der Waals surface area contributed by atoms with E-state index in [0.717, 1.165) is 122 Å². The zero-order valence-electron chi connectivity index (χ0n) is 54.6. The van der Waals surface area contributed by atoms with E-state index in [1.807, 2.05) is 33.3 Å². The summed E-state index contributed by atoms with van der Waals surface area (Å²) in [4.78, 5) is 40.2. The first-order chi connectivity index (χ1) is 40.4. The van der Waals surface area contributed by atoms with E-state index in [0.29, 0.717) is 23.9 Å². The number of unbranched alkanes of at least 4 members (excludes halogenated alkanes) is 29. The molecule has 3 atom stereocenters. The average molecular weight is 1180 g/mol. The third kappa shape index (κ3) is 63.0. The highest BCUT2D eigenvalue weighted by molar-refractivity contribution is 7.45. The maximum absolute atomic E-state index is 13.6. The second-order valence-electron chi connectivity index (χ2n) is 24.0. The molecule has 0 aromatic carbocycles. The third-order valence-electron chi connectivity index (χ3n) is 14.7. The van der Waals surface area contributed by atoms with E-state index >= 15 is 0 Å². The van der Waals surface area contributed by atoms with Gasteiger partial charge in [0.05, 0.1) is 33.8 Å². The van der Waals surface area contributed by atoms with Gasteiger partial charge in [-0.2, -0.15) is 0 Å². The van der Waals surface area contributed by atoms with Crippen molar-refractivity contribution in [1.82, 2.24) is 5.32 Å². The first-order valence-corrected chi connectivity index (χ1v) is 35.7. The van der Waals surface area contributed by atoms with E-state index in [-0.39, 0.29) is 24.9 Å². The van der Waals surface area contributed by atoms with E-state index in [9.17, 15) is 19.0 Å². The van der Waals surface area contributed by atoms with Crippen molar-refractivity contribution in [2.75, 3.05) is 40.9 Å². The molecule has 10 heteroatoms. The van der Waals surface area contributed by atoms with Crippen LogP contribution in [0.3, 0.4) is 0 Å². The highest BCUT2D eigenvalue weighted by Crippen LogP contribution is 2.38. The highest BCUT2D eigenvalue weighted by Gasteiger charge is 2.27. The molecule has 0 aromatic heterocycles. The lowest BCUT2D eigenvalue weighted by Crippen LogP contribution is -2.47. The van der Waals surface area contributed by atoms with E-state index in [4.69, 9.17) is 13.8 Å². The van der Waals surface area contributed by atoms with Gasteiger partial charge in [-0.15, -0.1) is 0 Å². The summed E-state index contributed by atoms with van der Waals surface area (Å²) >= 11 is 0. The Kier molecular flexibility index (Phi) is 59.3. The Hall–Kier alpha value is -3.33. The van der Waals surface area contributed by atoms with Gasteiger partial charge in [0, 0.05) is 12.8 Å². The number of ether oxygens (including phenoxy) is 1. The van der Waals surface area contributed by atoms with Gasteiger partial charge in [0.2, 0.25) is 5.91 Å². The number of phosphoric ester groups is 1. The molecule has 3 unspecified atom stereocenters. The number of amides is 1. The molecule has 0 aromatic rings. The summed E-state index contributed by atoms with van der Waals surface area (Å²) in [5.74, 6) is -0.575. The summed E-state index contributed by atoms with van der Waals surface area (Å²) in [6.45, 7) is 6.77. The van der Waals surface area contributed by atoms with E-state index in [1.165, 1.54) is 128 Å².